The highest BCUT2D eigenvalue weighted by Crippen LogP contribution is 2.27. The molecule has 3 N–H and O–H groups in total. The molecule has 0 aliphatic rings. The smallest absolute Gasteiger partial charge is 0.0794 e. The molecule has 0 saturated carbocycles. The molecule has 1 heterocycles. The van der Waals surface area contributed by atoms with Gasteiger partial charge in [-0.15, -0.1) is 11.3 Å². The van der Waals surface area contributed by atoms with Crippen LogP contribution in [-0.2, 0) is 6.42 Å². The van der Waals surface area contributed by atoms with Gasteiger partial charge in [-0.3, -0.25) is 16.3 Å². The molecule has 0 saturated heterocycles. The number of aryl methyl sites for hydroxylation is 1. The van der Waals surface area contributed by atoms with E-state index in [1.54, 1.807) is 11.3 Å². The Balaban J connectivity index is 2.25. The number of hydrazine groups is 1. The molecule has 1 aromatic heterocycles. The van der Waals surface area contributed by atoms with Crippen molar-refractivity contribution in [3.05, 3.63) is 50.4 Å². The number of hydrogen-bond donors (Lipinski definition) is 2. The van der Waals surface area contributed by atoms with Gasteiger partial charge in [-0.1, -0.05) is 33.6 Å². The topological polar surface area (TPSA) is 50.9 Å². The predicted octanol–water partition coefficient (Wildman–Crippen LogP) is 2.96. The van der Waals surface area contributed by atoms with Gasteiger partial charge in [0.15, 0.2) is 0 Å². The number of benzene rings is 1. The summed E-state index contributed by atoms with van der Waals surface area (Å²) in [5.41, 5.74) is 7.13. The first-order valence-electron chi connectivity index (χ1n) is 5.30. The Morgan fingerprint density at radius 2 is 2.35 bits per heavy atom. The van der Waals surface area contributed by atoms with Gasteiger partial charge in [0, 0.05) is 22.0 Å². The normalized spacial score (nSPS) is 12.6. The number of nitrogens with one attached hydrogen (secondary N) is 1. The van der Waals surface area contributed by atoms with Gasteiger partial charge in [-0.2, -0.15) is 0 Å². The van der Waals surface area contributed by atoms with Gasteiger partial charge in [-0.25, -0.2) is 0 Å². The monoisotopic (exact) mass is 311 g/mol. The molecule has 0 spiro atoms. The molecule has 5 heteroatoms. The summed E-state index contributed by atoms with van der Waals surface area (Å²) in [6.45, 7) is 2.08. The van der Waals surface area contributed by atoms with Crippen molar-refractivity contribution in [1.29, 1.82) is 0 Å². The number of nitrogens with zero attached hydrogens (tertiary/aromatic N) is 1. The van der Waals surface area contributed by atoms with Crippen LogP contribution in [0.15, 0.2) is 34.4 Å². The highest BCUT2D eigenvalue weighted by atomic mass is 79.9. The number of nitrogens with two attached hydrogens (primary N) is 1. The van der Waals surface area contributed by atoms with Crippen molar-refractivity contribution in [2.24, 2.45) is 5.84 Å². The summed E-state index contributed by atoms with van der Waals surface area (Å²) >= 11 is 5.22. The summed E-state index contributed by atoms with van der Waals surface area (Å²) < 4.78 is 1.08. The fourth-order valence-corrected chi connectivity index (χ4v) is 2.90. The van der Waals surface area contributed by atoms with Crippen LogP contribution in [0.1, 0.15) is 22.0 Å². The molecule has 0 radical (unpaired) electrons. The zero-order valence-electron chi connectivity index (χ0n) is 9.48. The molecule has 0 fully saturated rings. The molecule has 1 unspecified atom stereocenters. The zero-order chi connectivity index (χ0) is 12.3. The number of aromatic nitrogens is 1. The molecule has 2 rings (SSSR count). The zero-order valence-corrected chi connectivity index (χ0v) is 11.9. The molecular weight excluding hydrogens is 298 g/mol. The molecule has 0 aliphatic carbocycles. The van der Waals surface area contributed by atoms with Crippen LogP contribution in [-0.4, -0.2) is 4.98 Å². The second-order valence-corrected chi connectivity index (χ2v) is 5.74. The molecule has 0 aliphatic heterocycles. The summed E-state index contributed by atoms with van der Waals surface area (Å²) in [7, 11) is 0. The Kier molecular flexibility index (Phi) is 4.28. The third kappa shape index (κ3) is 3.13. The van der Waals surface area contributed by atoms with Gasteiger partial charge in [0.1, 0.15) is 0 Å². The molecule has 1 atom stereocenters. The number of hydrogen-bond acceptors (Lipinski definition) is 4. The van der Waals surface area contributed by atoms with Crippen LogP contribution in [0, 0.1) is 6.92 Å². The fraction of sp³-hybridized carbons (Fsp3) is 0.250. The highest BCUT2D eigenvalue weighted by Gasteiger charge is 2.14. The van der Waals surface area contributed by atoms with Crippen LogP contribution < -0.4 is 11.3 Å². The molecular formula is C12H14BrN3S. The van der Waals surface area contributed by atoms with E-state index in [1.807, 2.05) is 11.7 Å². The largest absolute Gasteiger partial charge is 0.271 e. The van der Waals surface area contributed by atoms with E-state index in [4.69, 9.17) is 5.84 Å². The number of rotatable bonds is 4. The van der Waals surface area contributed by atoms with Crippen molar-refractivity contribution in [2.75, 3.05) is 0 Å². The van der Waals surface area contributed by atoms with E-state index < -0.39 is 0 Å². The van der Waals surface area contributed by atoms with E-state index in [2.05, 4.69) is 51.5 Å². The Bertz CT molecular complexity index is 485. The first-order valence-corrected chi connectivity index (χ1v) is 6.97. The number of halogens is 1. The molecule has 0 bridgehead atoms. The maximum atomic E-state index is 5.65. The SMILES string of the molecule is Cc1ccc(Br)c(C(Cc2cncs2)NN)c1. The summed E-state index contributed by atoms with van der Waals surface area (Å²) in [5, 5.41) is 0. The third-order valence-corrected chi connectivity index (χ3v) is 4.14. The van der Waals surface area contributed by atoms with Crippen molar-refractivity contribution >= 4 is 27.3 Å². The van der Waals surface area contributed by atoms with Gasteiger partial charge in [-0.05, 0) is 18.6 Å². The van der Waals surface area contributed by atoms with E-state index in [1.165, 1.54) is 16.0 Å². The lowest BCUT2D eigenvalue weighted by Crippen LogP contribution is -2.29. The maximum absolute atomic E-state index is 5.65. The van der Waals surface area contributed by atoms with Crippen molar-refractivity contribution < 1.29 is 0 Å². The quantitative estimate of drug-likeness (QED) is 0.674. The molecule has 17 heavy (non-hydrogen) atoms. The first-order chi connectivity index (χ1) is 8.20. The Morgan fingerprint density at radius 1 is 1.53 bits per heavy atom. The van der Waals surface area contributed by atoms with E-state index in [9.17, 15) is 0 Å². The second kappa shape index (κ2) is 5.73. The Labute approximate surface area is 113 Å². The Hall–Kier alpha value is -0.750. The minimum Gasteiger partial charge on any atom is -0.271 e. The predicted molar refractivity (Wildman–Crippen MR) is 74.8 cm³/mol. The Morgan fingerprint density at radius 3 is 3.00 bits per heavy atom. The molecule has 0 amide bonds. The summed E-state index contributed by atoms with van der Waals surface area (Å²) in [4.78, 5) is 5.30. The van der Waals surface area contributed by atoms with Crippen LogP contribution in [0.2, 0.25) is 0 Å². The second-order valence-electron chi connectivity index (χ2n) is 3.92. The third-order valence-electron chi connectivity index (χ3n) is 2.62. The first kappa shape index (κ1) is 12.7. The van der Waals surface area contributed by atoms with Crippen molar-refractivity contribution in [3.63, 3.8) is 0 Å². The minimum absolute atomic E-state index is 0.102. The molecule has 2 aromatic rings. The average molecular weight is 312 g/mol. The van der Waals surface area contributed by atoms with Crippen LogP contribution in [0.4, 0.5) is 0 Å². The standard InChI is InChI=1S/C12H14BrN3S/c1-8-2-3-11(13)10(4-8)12(16-14)5-9-6-15-7-17-9/h2-4,6-7,12,16H,5,14H2,1H3. The van der Waals surface area contributed by atoms with Crippen LogP contribution in [0.25, 0.3) is 0 Å². The lowest BCUT2D eigenvalue weighted by atomic mass is 10.0. The van der Waals surface area contributed by atoms with Crippen LogP contribution >= 0.6 is 27.3 Å². The van der Waals surface area contributed by atoms with E-state index >= 15 is 0 Å². The van der Waals surface area contributed by atoms with Crippen molar-refractivity contribution in [1.82, 2.24) is 10.4 Å². The maximum Gasteiger partial charge on any atom is 0.0794 e. The minimum atomic E-state index is 0.102. The average Bonchev–Trinajstić information content (AvgIpc) is 2.82. The van der Waals surface area contributed by atoms with Gasteiger partial charge < -0.3 is 0 Å². The van der Waals surface area contributed by atoms with Gasteiger partial charge in [0.25, 0.3) is 0 Å². The van der Waals surface area contributed by atoms with Crippen LogP contribution in [0.3, 0.4) is 0 Å². The van der Waals surface area contributed by atoms with Crippen molar-refractivity contribution in [2.45, 2.75) is 19.4 Å². The van der Waals surface area contributed by atoms with E-state index in [-0.39, 0.29) is 6.04 Å². The summed E-state index contributed by atoms with van der Waals surface area (Å²) in [5.74, 6) is 5.65. The molecule has 90 valence electrons. The lowest BCUT2D eigenvalue weighted by Gasteiger charge is -2.17. The van der Waals surface area contributed by atoms with Crippen molar-refractivity contribution in [3.8, 4) is 0 Å². The summed E-state index contributed by atoms with van der Waals surface area (Å²) in [6.07, 6.45) is 2.74. The van der Waals surface area contributed by atoms with Gasteiger partial charge in [0.05, 0.1) is 11.6 Å². The molecule has 3 nitrogen and oxygen atoms in total. The van der Waals surface area contributed by atoms with E-state index in [0.717, 1.165) is 10.9 Å². The van der Waals surface area contributed by atoms with Gasteiger partial charge in [0.2, 0.25) is 0 Å². The lowest BCUT2D eigenvalue weighted by molar-refractivity contribution is 0.553. The number of thiazole rings is 1. The fourth-order valence-electron chi connectivity index (χ4n) is 1.73. The highest BCUT2D eigenvalue weighted by molar-refractivity contribution is 9.10. The molecule has 1 aromatic carbocycles. The van der Waals surface area contributed by atoms with Crippen LogP contribution in [0.5, 0.6) is 0 Å². The van der Waals surface area contributed by atoms with Gasteiger partial charge >= 0.3 is 0 Å². The van der Waals surface area contributed by atoms with E-state index in [0.29, 0.717) is 0 Å². The summed E-state index contributed by atoms with van der Waals surface area (Å²) in [6, 6.07) is 6.38.